The maximum Gasteiger partial charge on any atom is 0.0431 e. The van der Waals surface area contributed by atoms with Crippen LogP contribution in [0, 0.1) is 11.3 Å². The first-order valence-electron chi connectivity index (χ1n) is 5.46. The Morgan fingerprint density at radius 2 is 2.08 bits per heavy atom. The molecule has 2 N–H and O–H groups in total. The van der Waals surface area contributed by atoms with E-state index in [9.17, 15) is 0 Å². The molecule has 78 valence electrons. The van der Waals surface area contributed by atoms with Gasteiger partial charge in [-0.25, -0.2) is 0 Å². The molecule has 0 aromatic rings. The third-order valence-electron chi connectivity index (χ3n) is 2.75. The molecule has 1 saturated carbocycles. The number of aliphatic hydroxyl groups excluding tert-OH is 1. The average molecular weight is 185 g/mol. The van der Waals surface area contributed by atoms with Crippen molar-refractivity contribution in [2.75, 3.05) is 19.7 Å². The molecule has 0 amide bonds. The average Bonchev–Trinajstić information content (AvgIpc) is 2.84. The number of hydrogen-bond donors (Lipinski definition) is 2. The molecule has 1 aliphatic rings. The zero-order valence-electron chi connectivity index (χ0n) is 8.97. The molecule has 2 heteroatoms. The van der Waals surface area contributed by atoms with Gasteiger partial charge < -0.3 is 10.4 Å². The second-order valence-electron chi connectivity index (χ2n) is 5.07. The Kier molecular flexibility index (Phi) is 4.20. The van der Waals surface area contributed by atoms with Gasteiger partial charge in [-0.1, -0.05) is 13.8 Å². The summed E-state index contributed by atoms with van der Waals surface area (Å²) >= 11 is 0. The van der Waals surface area contributed by atoms with Crippen molar-refractivity contribution in [3.05, 3.63) is 0 Å². The monoisotopic (exact) mass is 185 g/mol. The molecule has 0 radical (unpaired) electrons. The first-order chi connectivity index (χ1) is 6.14. The van der Waals surface area contributed by atoms with Gasteiger partial charge in [0.2, 0.25) is 0 Å². The zero-order chi connectivity index (χ0) is 9.73. The fraction of sp³-hybridized carbons (Fsp3) is 1.00. The minimum Gasteiger partial charge on any atom is -0.396 e. The lowest BCUT2D eigenvalue weighted by Gasteiger charge is -2.24. The van der Waals surface area contributed by atoms with Crippen molar-refractivity contribution >= 4 is 0 Å². The van der Waals surface area contributed by atoms with Crippen LogP contribution < -0.4 is 5.32 Å². The highest BCUT2D eigenvalue weighted by atomic mass is 16.2. The normalized spacial score (nSPS) is 17.8. The Morgan fingerprint density at radius 3 is 2.62 bits per heavy atom. The highest BCUT2D eigenvalue weighted by molar-refractivity contribution is 4.78. The maximum absolute atomic E-state index is 8.73. The van der Waals surface area contributed by atoms with Crippen LogP contribution in [0.2, 0.25) is 0 Å². The van der Waals surface area contributed by atoms with Crippen molar-refractivity contribution in [3.8, 4) is 0 Å². The maximum atomic E-state index is 8.73. The van der Waals surface area contributed by atoms with Crippen LogP contribution in [-0.2, 0) is 0 Å². The summed E-state index contributed by atoms with van der Waals surface area (Å²) in [6, 6.07) is 0. The Hall–Kier alpha value is -0.0800. The minimum atomic E-state index is 0.325. The summed E-state index contributed by atoms with van der Waals surface area (Å²) in [5, 5.41) is 12.2. The molecule has 2 nitrogen and oxygen atoms in total. The van der Waals surface area contributed by atoms with Crippen LogP contribution in [0.3, 0.4) is 0 Å². The van der Waals surface area contributed by atoms with Crippen molar-refractivity contribution in [3.63, 3.8) is 0 Å². The lowest BCUT2D eigenvalue weighted by Crippen LogP contribution is -2.30. The molecule has 0 aromatic heterocycles. The fourth-order valence-electron chi connectivity index (χ4n) is 1.58. The summed E-state index contributed by atoms with van der Waals surface area (Å²) in [5.74, 6) is 0.966. The summed E-state index contributed by atoms with van der Waals surface area (Å²) in [5.41, 5.74) is 0.345. The van der Waals surface area contributed by atoms with Crippen molar-refractivity contribution in [1.29, 1.82) is 0 Å². The fourth-order valence-corrected chi connectivity index (χ4v) is 1.58. The topological polar surface area (TPSA) is 32.3 Å². The molecule has 0 heterocycles. The van der Waals surface area contributed by atoms with Crippen LogP contribution in [0.4, 0.5) is 0 Å². The van der Waals surface area contributed by atoms with Gasteiger partial charge in [0.1, 0.15) is 0 Å². The zero-order valence-corrected chi connectivity index (χ0v) is 8.97. The first-order valence-corrected chi connectivity index (χ1v) is 5.46. The Morgan fingerprint density at radius 1 is 1.38 bits per heavy atom. The molecule has 0 spiro atoms. The molecule has 0 aliphatic heterocycles. The third-order valence-corrected chi connectivity index (χ3v) is 2.75. The van der Waals surface area contributed by atoms with E-state index in [1.54, 1.807) is 0 Å². The summed E-state index contributed by atoms with van der Waals surface area (Å²) in [7, 11) is 0. The predicted octanol–water partition coefficient (Wildman–Crippen LogP) is 1.78. The Bertz CT molecular complexity index is 141. The molecule has 0 unspecified atom stereocenters. The van der Waals surface area contributed by atoms with Crippen LogP contribution in [-0.4, -0.2) is 24.8 Å². The number of aliphatic hydroxyl groups is 1. The number of nitrogens with one attached hydrogen (secondary N) is 1. The van der Waals surface area contributed by atoms with Crippen LogP contribution in [0.25, 0.3) is 0 Å². The van der Waals surface area contributed by atoms with Gasteiger partial charge >= 0.3 is 0 Å². The molecular formula is C11H23NO. The molecule has 1 fully saturated rings. The van der Waals surface area contributed by atoms with Crippen molar-refractivity contribution in [1.82, 2.24) is 5.32 Å². The van der Waals surface area contributed by atoms with E-state index in [4.69, 9.17) is 5.11 Å². The van der Waals surface area contributed by atoms with Gasteiger partial charge in [-0.3, -0.25) is 0 Å². The van der Waals surface area contributed by atoms with E-state index < -0.39 is 0 Å². The summed E-state index contributed by atoms with van der Waals surface area (Å²) < 4.78 is 0. The van der Waals surface area contributed by atoms with Crippen LogP contribution in [0.15, 0.2) is 0 Å². The molecule has 0 aromatic carbocycles. The van der Waals surface area contributed by atoms with Crippen LogP contribution in [0.1, 0.15) is 39.5 Å². The first kappa shape index (κ1) is 11.0. The largest absolute Gasteiger partial charge is 0.396 e. The number of rotatable bonds is 7. The lowest BCUT2D eigenvalue weighted by molar-refractivity contribution is 0.236. The standard InChI is InChI=1S/C11H23NO/c1-11(2,6-3-7-13)9-12-8-10-4-5-10/h10,12-13H,3-9H2,1-2H3. The Labute approximate surface area is 81.7 Å². The van der Waals surface area contributed by atoms with Crippen LogP contribution >= 0.6 is 0 Å². The third kappa shape index (κ3) is 5.27. The SMILES string of the molecule is CC(C)(CCCO)CNCC1CC1. The van der Waals surface area contributed by atoms with Gasteiger partial charge in [0.25, 0.3) is 0 Å². The molecule has 1 rings (SSSR count). The lowest BCUT2D eigenvalue weighted by atomic mass is 9.88. The van der Waals surface area contributed by atoms with Crippen LogP contribution in [0.5, 0.6) is 0 Å². The van der Waals surface area contributed by atoms with Gasteiger partial charge in [-0.2, -0.15) is 0 Å². The van der Waals surface area contributed by atoms with E-state index in [2.05, 4.69) is 19.2 Å². The van der Waals surface area contributed by atoms with Crippen molar-refractivity contribution in [2.45, 2.75) is 39.5 Å². The Balaban J connectivity index is 2.01. The van der Waals surface area contributed by atoms with E-state index in [0.717, 1.165) is 25.3 Å². The highest BCUT2D eigenvalue weighted by Gasteiger charge is 2.22. The molecule has 0 saturated heterocycles. The quantitative estimate of drug-likeness (QED) is 0.634. The highest BCUT2D eigenvalue weighted by Crippen LogP contribution is 2.28. The van der Waals surface area contributed by atoms with Gasteiger partial charge in [-0.05, 0) is 43.6 Å². The second kappa shape index (κ2) is 4.97. The predicted molar refractivity (Wildman–Crippen MR) is 55.7 cm³/mol. The van der Waals surface area contributed by atoms with E-state index in [1.807, 2.05) is 0 Å². The molecule has 0 atom stereocenters. The van der Waals surface area contributed by atoms with E-state index >= 15 is 0 Å². The summed E-state index contributed by atoms with van der Waals surface area (Å²) in [6.07, 6.45) is 4.88. The van der Waals surface area contributed by atoms with Crippen molar-refractivity contribution < 1.29 is 5.11 Å². The minimum absolute atomic E-state index is 0.325. The molecule has 13 heavy (non-hydrogen) atoms. The second-order valence-corrected chi connectivity index (χ2v) is 5.07. The molecule has 0 bridgehead atoms. The van der Waals surface area contributed by atoms with Gasteiger partial charge in [0, 0.05) is 13.2 Å². The van der Waals surface area contributed by atoms with Gasteiger partial charge in [-0.15, -0.1) is 0 Å². The van der Waals surface area contributed by atoms with E-state index in [-0.39, 0.29) is 0 Å². The molecular weight excluding hydrogens is 162 g/mol. The van der Waals surface area contributed by atoms with Gasteiger partial charge in [0.05, 0.1) is 0 Å². The van der Waals surface area contributed by atoms with Crippen molar-refractivity contribution in [2.24, 2.45) is 11.3 Å². The smallest absolute Gasteiger partial charge is 0.0431 e. The van der Waals surface area contributed by atoms with Gasteiger partial charge in [0.15, 0.2) is 0 Å². The number of hydrogen-bond acceptors (Lipinski definition) is 2. The molecule has 1 aliphatic carbocycles. The summed E-state index contributed by atoms with van der Waals surface area (Å²) in [4.78, 5) is 0. The summed E-state index contributed by atoms with van der Waals surface area (Å²) in [6.45, 7) is 7.14. The van der Waals surface area contributed by atoms with E-state index in [0.29, 0.717) is 12.0 Å². The van der Waals surface area contributed by atoms with E-state index in [1.165, 1.54) is 19.4 Å².